The van der Waals surface area contributed by atoms with E-state index < -0.39 is 11.9 Å². The Balaban J connectivity index is 0.00000118. The van der Waals surface area contributed by atoms with Crippen LogP contribution in [0.2, 0.25) is 0 Å². The Bertz CT molecular complexity index is 527. The quantitative estimate of drug-likeness (QED) is 0.641. The molecular formula is C19H29NO4. The first-order chi connectivity index (χ1) is 11.1. The van der Waals surface area contributed by atoms with Gasteiger partial charge >= 0.3 is 0 Å². The summed E-state index contributed by atoms with van der Waals surface area (Å²) in [6.45, 7) is 10.4. The van der Waals surface area contributed by atoms with E-state index in [1.807, 2.05) is 31.2 Å². The van der Waals surface area contributed by atoms with Gasteiger partial charge in [0.15, 0.2) is 0 Å². The van der Waals surface area contributed by atoms with Crippen molar-refractivity contribution >= 4 is 18.0 Å². The van der Waals surface area contributed by atoms with Gasteiger partial charge < -0.3 is 14.8 Å². The second-order valence-corrected chi connectivity index (χ2v) is 6.51. The molecule has 0 aliphatic rings. The van der Waals surface area contributed by atoms with Crippen molar-refractivity contribution in [1.29, 1.82) is 0 Å². The van der Waals surface area contributed by atoms with Crippen molar-refractivity contribution in [3.8, 4) is 0 Å². The molecule has 1 rings (SSSR count). The fourth-order valence-electron chi connectivity index (χ4n) is 1.84. The van der Waals surface area contributed by atoms with Gasteiger partial charge in [-0.2, -0.15) is 0 Å². The molecule has 0 saturated heterocycles. The number of benzene rings is 1. The van der Waals surface area contributed by atoms with E-state index in [0.29, 0.717) is 11.8 Å². The maximum absolute atomic E-state index is 11.5. The zero-order valence-electron chi connectivity index (χ0n) is 15.5. The van der Waals surface area contributed by atoms with Crippen LogP contribution in [0.4, 0.5) is 0 Å². The summed E-state index contributed by atoms with van der Waals surface area (Å²) in [5.41, 5.74) is 1.90. The Kier molecular flexibility index (Phi) is 9.81. The third kappa shape index (κ3) is 8.58. The van der Waals surface area contributed by atoms with Gasteiger partial charge in [-0.05, 0) is 30.4 Å². The largest absolute Gasteiger partial charge is 0.385 e. The van der Waals surface area contributed by atoms with Crippen molar-refractivity contribution in [2.75, 3.05) is 13.7 Å². The number of ether oxygens (including phenoxy) is 1. The number of hydrogen-bond acceptors (Lipinski definition) is 4. The lowest BCUT2D eigenvalue weighted by Gasteiger charge is -2.20. The van der Waals surface area contributed by atoms with E-state index in [-0.39, 0.29) is 17.6 Å². The normalized spacial score (nSPS) is 11.8. The molecule has 0 aliphatic heterocycles. The van der Waals surface area contributed by atoms with Crippen LogP contribution in [-0.4, -0.2) is 31.7 Å². The number of hydrogen-bond donors (Lipinski definition) is 1. The maximum atomic E-state index is 11.5. The van der Waals surface area contributed by atoms with Gasteiger partial charge in [0, 0.05) is 13.7 Å². The average molecular weight is 335 g/mol. The highest BCUT2D eigenvalue weighted by molar-refractivity contribution is 5.97. The first-order valence-electron chi connectivity index (χ1n) is 7.99. The summed E-state index contributed by atoms with van der Waals surface area (Å²) < 4.78 is 4.54. The molecular weight excluding hydrogens is 306 g/mol. The Morgan fingerprint density at radius 3 is 2.04 bits per heavy atom. The summed E-state index contributed by atoms with van der Waals surface area (Å²) in [4.78, 5) is 33.5. The number of nitrogens with one attached hydrogen (secondary N) is 1. The number of amides is 1. The SMILES string of the molecule is CC(=O)CC(=O)NC(C=O)c1ccc(C(C)(C)C)cc1.CCOC. The molecule has 5 nitrogen and oxygen atoms in total. The maximum Gasteiger partial charge on any atom is 0.228 e. The summed E-state index contributed by atoms with van der Waals surface area (Å²) in [6, 6.07) is 6.84. The molecule has 1 N–H and O–H groups in total. The smallest absolute Gasteiger partial charge is 0.228 e. The molecule has 0 heterocycles. The van der Waals surface area contributed by atoms with Gasteiger partial charge in [0.2, 0.25) is 5.91 Å². The number of carbonyl (C=O) groups is 3. The Labute approximate surface area is 144 Å². The standard InChI is InChI=1S/C16H21NO3.C3H8O/c1-11(19)9-15(20)17-14(10-18)12-5-7-13(8-6-12)16(2,3)4;1-3-4-2/h5-8,10,14H,9H2,1-4H3,(H,17,20);3H2,1-2H3. The van der Waals surface area contributed by atoms with Crippen molar-refractivity contribution in [1.82, 2.24) is 5.32 Å². The lowest BCUT2D eigenvalue weighted by Crippen LogP contribution is -2.30. The van der Waals surface area contributed by atoms with Crippen molar-refractivity contribution in [2.24, 2.45) is 0 Å². The lowest BCUT2D eigenvalue weighted by atomic mass is 9.86. The first-order valence-corrected chi connectivity index (χ1v) is 7.99. The van der Waals surface area contributed by atoms with Crippen LogP contribution in [0.3, 0.4) is 0 Å². The number of methoxy groups -OCH3 is 1. The summed E-state index contributed by atoms with van der Waals surface area (Å²) in [5.74, 6) is -0.662. The molecule has 0 saturated carbocycles. The molecule has 0 fully saturated rings. The molecule has 24 heavy (non-hydrogen) atoms. The molecule has 0 bridgehead atoms. The second kappa shape index (κ2) is 10.7. The summed E-state index contributed by atoms with van der Waals surface area (Å²) >= 11 is 0. The number of rotatable bonds is 6. The van der Waals surface area contributed by atoms with Crippen molar-refractivity contribution < 1.29 is 19.1 Å². The minimum atomic E-state index is -0.712. The highest BCUT2D eigenvalue weighted by Crippen LogP contribution is 2.23. The first kappa shape index (κ1) is 22.0. The molecule has 0 aliphatic carbocycles. The summed E-state index contributed by atoms with van der Waals surface area (Å²) in [7, 11) is 1.68. The number of carbonyl (C=O) groups excluding carboxylic acids is 3. The Morgan fingerprint density at radius 2 is 1.71 bits per heavy atom. The third-order valence-corrected chi connectivity index (χ3v) is 3.29. The highest BCUT2D eigenvalue weighted by Gasteiger charge is 2.17. The van der Waals surface area contributed by atoms with E-state index >= 15 is 0 Å². The van der Waals surface area contributed by atoms with Crippen molar-refractivity contribution in [3.05, 3.63) is 35.4 Å². The van der Waals surface area contributed by atoms with Crippen LogP contribution in [0.25, 0.3) is 0 Å². The van der Waals surface area contributed by atoms with Crippen LogP contribution in [0.5, 0.6) is 0 Å². The highest BCUT2D eigenvalue weighted by atomic mass is 16.5. The Hall–Kier alpha value is -2.01. The zero-order chi connectivity index (χ0) is 18.8. The predicted octanol–water partition coefficient (Wildman–Crippen LogP) is 2.97. The fraction of sp³-hybridized carbons (Fsp3) is 0.526. The molecule has 1 unspecified atom stereocenters. The Morgan fingerprint density at radius 1 is 1.21 bits per heavy atom. The summed E-state index contributed by atoms with van der Waals surface area (Å²) in [5, 5.41) is 2.54. The van der Waals surface area contributed by atoms with Crippen LogP contribution in [0.1, 0.15) is 58.2 Å². The van der Waals surface area contributed by atoms with Crippen molar-refractivity contribution in [3.63, 3.8) is 0 Å². The predicted molar refractivity (Wildman–Crippen MR) is 94.9 cm³/mol. The van der Waals surface area contributed by atoms with Gasteiger partial charge in [-0.15, -0.1) is 0 Å². The monoisotopic (exact) mass is 335 g/mol. The minimum absolute atomic E-state index is 0.0348. The van der Waals surface area contributed by atoms with Gasteiger partial charge in [0.1, 0.15) is 18.1 Å². The van der Waals surface area contributed by atoms with Crippen LogP contribution < -0.4 is 5.32 Å². The lowest BCUT2D eigenvalue weighted by molar-refractivity contribution is -0.129. The molecule has 1 amide bonds. The molecule has 0 spiro atoms. The number of ketones is 1. The van der Waals surface area contributed by atoms with E-state index in [1.165, 1.54) is 6.92 Å². The molecule has 5 heteroatoms. The van der Waals surface area contributed by atoms with E-state index in [1.54, 1.807) is 7.11 Å². The van der Waals surface area contributed by atoms with Crippen LogP contribution in [-0.2, 0) is 24.5 Å². The molecule has 1 atom stereocenters. The molecule has 0 radical (unpaired) electrons. The minimum Gasteiger partial charge on any atom is -0.385 e. The van der Waals surface area contributed by atoms with E-state index in [2.05, 4.69) is 30.8 Å². The molecule has 134 valence electrons. The topological polar surface area (TPSA) is 72.5 Å². The van der Waals surface area contributed by atoms with Gasteiger partial charge in [-0.25, -0.2) is 0 Å². The second-order valence-electron chi connectivity index (χ2n) is 6.51. The van der Waals surface area contributed by atoms with E-state index in [4.69, 9.17) is 0 Å². The zero-order valence-corrected chi connectivity index (χ0v) is 15.5. The summed E-state index contributed by atoms with van der Waals surface area (Å²) in [6.07, 6.45) is 0.467. The van der Waals surface area contributed by atoms with E-state index in [9.17, 15) is 14.4 Å². The average Bonchev–Trinajstić information content (AvgIpc) is 2.51. The molecule has 1 aromatic rings. The van der Waals surface area contributed by atoms with Gasteiger partial charge in [0.05, 0.1) is 6.42 Å². The van der Waals surface area contributed by atoms with Gasteiger partial charge in [0.25, 0.3) is 0 Å². The van der Waals surface area contributed by atoms with Crippen LogP contribution in [0.15, 0.2) is 24.3 Å². The molecule has 1 aromatic carbocycles. The van der Waals surface area contributed by atoms with Gasteiger partial charge in [-0.3, -0.25) is 9.59 Å². The van der Waals surface area contributed by atoms with Gasteiger partial charge in [-0.1, -0.05) is 45.0 Å². The van der Waals surface area contributed by atoms with Crippen LogP contribution in [0, 0.1) is 0 Å². The molecule has 0 aromatic heterocycles. The van der Waals surface area contributed by atoms with Crippen LogP contribution >= 0.6 is 0 Å². The van der Waals surface area contributed by atoms with E-state index in [0.717, 1.165) is 12.2 Å². The number of Topliss-reactive ketones (excluding diaryl/α,β-unsaturated/α-hetero) is 1. The number of aldehydes is 1. The third-order valence-electron chi connectivity index (χ3n) is 3.29. The fourth-order valence-corrected chi connectivity index (χ4v) is 1.84. The van der Waals surface area contributed by atoms with Crippen molar-refractivity contribution in [2.45, 2.75) is 52.5 Å².